The van der Waals surface area contributed by atoms with E-state index in [-0.39, 0.29) is 0 Å². The highest BCUT2D eigenvalue weighted by Gasteiger charge is 2.10. The van der Waals surface area contributed by atoms with E-state index in [9.17, 15) is 5.11 Å². The van der Waals surface area contributed by atoms with Crippen molar-refractivity contribution in [3.8, 4) is 5.75 Å². The van der Waals surface area contributed by atoms with Gasteiger partial charge in [-0.3, -0.25) is 0 Å². The molecule has 0 amide bonds. The van der Waals surface area contributed by atoms with Gasteiger partial charge in [-0.05, 0) is 36.0 Å². The smallest absolute Gasteiger partial charge is 0.119 e. The molecule has 0 radical (unpaired) electrons. The van der Waals surface area contributed by atoms with Crippen LogP contribution in [0.15, 0.2) is 18.2 Å². The van der Waals surface area contributed by atoms with Gasteiger partial charge in [-0.25, -0.2) is 0 Å². The van der Waals surface area contributed by atoms with E-state index in [1.165, 1.54) is 37.7 Å². The number of aryl methyl sites for hydroxylation is 1. The van der Waals surface area contributed by atoms with Crippen LogP contribution < -0.4 is 0 Å². The lowest BCUT2D eigenvalue weighted by molar-refractivity contribution is 0.457. The summed E-state index contributed by atoms with van der Waals surface area (Å²) in [5.74, 6) is 0.934. The van der Waals surface area contributed by atoms with Crippen LogP contribution in [0.4, 0.5) is 0 Å². The van der Waals surface area contributed by atoms with E-state index in [1.54, 1.807) is 0 Å². The molecule has 0 heterocycles. The van der Waals surface area contributed by atoms with Crippen LogP contribution in [0.3, 0.4) is 0 Å². The summed E-state index contributed by atoms with van der Waals surface area (Å²) >= 11 is 0. The maximum absolute atomic E-state index is 9.90. The van der Waals surface area contributed by atoms with Crippen LogP contribution in [-0.2, 0) is 6.42 Å². The Kier molecular flexibility index (Phi) is 6.10. The van der Waals surface area contributed by atoms with Crippen molar-refractivity contribution >= 4 is 0 Å². The molecule has 1 rings (SSSR count). The Morgan fingerprint density at radius 3 is 2.53 bits per heavy atom. The zero-order chi connectivity index (χ0) is 12.7. The fourth-order valence-electron chi connectivity index (χ4n) is 2.25. The first-order valence-corrected chi connectivity index (χ1v) is 7.00. The molecule has 0 aromatic heterocycles. The van der Waals surface area contributed by atoms with Crippen molar-refractivity contribution in [1.29, 1.82) is 0 Å². The summed E-state index contributed by atoms with van der Waals surface area (Å²) in [6, 6.07) is 6.03. The molecule has 1 N–H and O–H groups in total. The van der Waals surface area contributed by atoms with Crippen LogP contribution in [0.5, 0.6) is 5.75 Å². The molecule has 0 saturated carbocycles. The summed E-state index contributed by atoms with van der Waals surface area (Å²) < 4.78 is 0. The number of hydrogen-bond donors (Lipinski definition) is 1. The number of unbranched alkanes of at least 4 members (excludes halogenated alkanes) is 3. The van der Waals surface area contributed by atoms with Crippen molar-refractivity contribution in [2.75, 3.05) is 0 Å². The van der Waals surface area contributed by atoms with Gasteiger partial charge in [0.25, 0.3) is 0 Å². The molecule has 0 aliphatic carbocycles. The van der Waals surface area contributed by atoms with Crippen molar-refractivity contribution < 1.29 is 5.11 Å². The number of hydrogen-bond acceptors (Lipinski definition) is 1. The van der Waals surface area contributed by atoms with E-state index >= 15 is 0 Å². The highest BCUT2D eigenvalue weighted by atomic mass is 16.3. The molecule has 1 heteroatoms. The van der Waals surface area contributed by atoms with Gasteiger partial charge >= 0.3 is 0 Å². The van der Waals surface area contributed by atoms with Gasteiger partial charge in [0.15, 0.2) is 0 Å². The quantitative estimate of drug-likeness (QED) is 0.656. The van der Waals surface area contributed by atoms with Gasteiger partial charge in [0.05, 0.1) is 0 Å². The molecule has 96 valence electrons. The van der Waals surface area contributed by atoms with Gasteiger partial charge in [-0.2, -0.15) is 0 Å². The van der Waals surface area contributed by atoms with Crippen LogP contribution in [0.2, 0.25) is 0 Å². The average molecular weight is 234 g/mol. The van der Waals surface area contributed by atoms with Gasteiger partial charge in [0, 0.05) is 0 Å². The third-order valence-corrected chi connectivity index (χ3v) is 3.52. The maximum Gasteiger partial charge on any atom is 0.119 e. The lowest BCUT2D eigenvalue weighted by Gasteiger charge is -2.14. The van der Waals surface area contributed by atoms with Crippen molar-refractivity contribution in [1.82, 2.24) is 0 Å². The molecule has 1 nitrogen and oxygen atoms in total. The SMILES string of the molecule is CCCCCCC(C)c1cc(CC)ccc1O. The molecular weight excluding hydrogens is 208 g/mol. The Morgan fingerprint density at radius 2 is 1.88 bits per heavy atom. The third kappa shape index (κ3) is 4.41. The first kappa shape index (κ1) is 14.1. The summed E-state index contributed by atoms with van der Waals surface area (Å²) in [6.45, 7) is 6.61. The summed E-state index contributed by atoms with van der Waals surface area (Å²) in [6.07, 6.45) is 7.41. The molecule has 0 aliphatic heterocycles. The standard InChI is InChI=1S/C16H26O/c1-4-6-7-8-9-13(3)15-12-14(5-2)10-11-16(15)17/h10-13,17H,4-9H2,1-3H3. The fourth-order valence-corrected chi connectivity index (χ4v) is 2.25. The molecule has 1 aromatic carbocycles. The zero-order valence-corrected chi connectivity index (χ0v) is 11.5. The van der Waals surface area contributed by atoms with Gasteiger partial charge in [-0.15, -0.1) is 0 Å². The summed E-state index contributed by atoms with van der Waals surface area (Å²) in [5.41, 5.74) is 2.44. The lowest BCUT2D eigenvalue weighted by atomic mass is 9.92. The second kappa shape index (κ2) is 7.37. The van der Waals surface area contributed by atoms with E-state index in [0.717, 1.165) is 12.0 Å². The van der Waals surface area contributed by atoms with Crippen molar-refractivity contribution in [2.24, 2.45) is 0 Å². The molecular formula is C16H26O. The predicted molar refractivity (Wildman–Crippen MR) is 74.7 cm³/mol. The molecule has 0 bridgehead atoms. The third-order valence-electron chi connectivity index (χ3n) is 3.52. The summed E-state index contributed by atoms with van der Waals surface area (Å²) in [7, 11) is 0. The van der Waals surface area contributed by atoms with E-state index in [4.69, 9.17) is 0 Å². The van der Waals surface area contributed by atoms with Gasteiger partial charge in [0.1, 0.15) is 5.75 Å². The van der Waals surface area contributed by atoms with Crippen LogP contribution in [0.25, 0.3) is 0 Å². The minimum atomic E-state index is 0.463. The Bertz CT molecular complexity index is 330. The summed E-state index contributed by atoms with van der Waals surface area (Å²) in [4.78, 5) is 0. The van der Waals surface area contributed by atoms with Crippen LogP contribution in [0, 0.1) is 0 Å². The second-order valence-electron chi connectivity index (χ2n) is 5.00. The first-order valence-electron chi connectivity index (χ1n) is 7.00. The average Bonchev–Trinajstić information content (AvgIpc) is 2.35. The normalized spacial score (nSPS) is 12.6. The van der Waals surface area contributed by atoms with Crippen LogP contribution in [0.1, 0.15) is 69.9 Å². The Labute approximate surface area is 106 Å². The van der Waals surface area contributed by atoms with E-state index < -0.39 is 0 Å². The predicted octanol–water partition coefficient (Wildman–Crippen LogP) is 5.03. The second-order valence-corrected chi connectivity index (χ2v) is 5.00. The van der Waals surface area contributed by atoms with Crippen LogP contribution in [-0.4, -0.2) is 5.11 Å². The molecule has 0 saturated heterocycles. The first-order chi connectivity index (χ1) is 8.19. The molecule has 1 atom stereocenters. The van der Waals surface area contributed by atoms with Gasteiger partial charge < -0.3 is 5.11 Å². The Balaban J connectivity index is 2.57. The van der Waals surface area contributed by atoms with E-state index in [0.29, 0.717) is 11.7 Å². The number of phenolic OH excluding ortho intramolecular Hbond substituents is 1. The highest BCUT2D eigenvalue weighted by molar-refractivity contribution is 5.38. The fraction of sp³-hybridized carbons (Fsp3) is 0.625. The number of rotatable bonds is 7. The van der Waals surface area contributed by atoms with E-state index in [1.807, 2.05) is 12.1 Å². The molecule has 0 aliphatic rings. The molecule has 0 spiro atoms. The zero-order valence-electron chi connectivity index (χ0n) is 11.5. The monoisotopic (exact) mass is 234 g/mol. The Morgan fingerprint density at radius 1 is 1.12 bits per heavy atom. The van der Waals surface area contributed by atoms with E-state index in [2.05, 4.69) is 26.8 Å². The van der Waals surface area contributed by atoms with Crippen LogP contribution >= 0.6 is 0 Å². The minimum absolute atomic E-state index is 0.463. The molecule has 1 aromatic rings. The Hall–Kier alpha value is -0.980. The number of phenols is 1. The minimum Gasteiger partial charge on any atom is -0.508 e. The van der Waals surface area contributed by atoms with Crippen molar-refractivity contribution in [3.63, 3.8) is 0 Å². The molecule has 1 unspecified atom stereocenters. The lowest BCUT2D eigenvalue weighted by Crippen LogP contribution is -1.96. The highest BCUT2D eigenvalue weighted by Crippen LogP contribution is 2.30. The number of aromatic hydroxyl groups is 1. The topological polar surface area (TPSA) is 20.2 Å². The van der Waals surface area contributed by atoms with Gasteiger partial charge in [0.2, 0.25) is 0 Å². The molecule has 17 heavy (non-hydrogen) atoms. The number of benzene rings is 1. The van der Waals surface area contributed by atoms with Crippen molar-refractivity contribution in [3.05, 3.63) is 29.3 Å². The molecule has 0 fully saturated rings. The summed E-state index contributed by atoms with van der Waals surface area (Å²) in [5, 5.41) is 9.90. The largest absolute Gasteiger partial charge is 0.508 e. The van der Waals surface area contributed by atoms with Crippen molar-refractivity contribution in [2.45, 2.75) is 65.2 Å². The van der Waals surface area contributed by atoms with Gasteiger partial charge in [-0.1, -0.05) is 58.6 Å². The maximum atomic E-state index is 9.90.